The van der Waals surface area contributed by atoms with E-state index in [4.69, 9.17) is 9.84 Å². The number of hydrogen-bond acceptors (Lipinski definition) is 6. The van der Waals surface area contributed by atoms with Crippen LogP contribution >= 0.6 is 0 Å². The Kier molecular flexibility index (Phi) is 5.06. The maximum atomic E-state index is 14.9. The van der Waals surface area contributed by atoms with Crippen molar-refractivity contribution in [2.75, 3.05) is 36.4 Å². The number of piperazine rings is 1. The van der Waals surface area contributed by atoms with Gasteiger partial charge in [-0.1, -0.05) is 6.07 Å². The molecule has 2 aromatic rings. The van der Waals surface area contributed by atoms with Crippen molar-refractivity contribution >= 4 is 23.3 Å². The Morgan fingerprint density at radius 3 is 2.69 bits per heavy atom. The van der Waals surface area contributed by atoms with E-state index in [9.17, 15) is 14.0 Å². The lowest BCUT2D eigenvalue weighted by Gasteiger charge is -2.36. The number of nitrogens with one attached hydrogen (secondary N) is 1. The molecule has 2 N–H and O–H groups in total. The molecule has 152 valence electrons. The van der Waals surface area contributed by atoms with Gasteiger partial charge in [0.05, 0.1) is 11.9 Å². The fourth-order valence-electron chi connectivity index (χ4n) is 3.51. The van der Waals surface area contributed by atoms with Gasteiger partial charge in [-0.05, 0) is 25.1 Å². The van der Waals surface area contributed by atoms with Crippen LogP contribution in [0.25, 0.3) is 0 Å². The van der Waals surface area contributed by atoms with Gasteiger partial charge in [0.25, 0.3) is 5.91 Å². The number of halogens is 1. The molecule has 8 nitrogen and oxygen atoms in total. The second-order valence-electron chi connectivity index (χ2n) is 7.13. The van der Waals surface area contributed by atoms with Crippen molar-refractivity contribution in [1.82, 2.24) is 9.88 Å². The number of anilines is 2. The van der Waals surface area contributed by atoms with Crippen molar-refractivity contribution in [2.45, 2.75) is 19.6 Å². The van der Waals surface area contributed by atoms with Gasteiger partial charge in [-0.3, -0.25) is 9.69 Å². The molecule has 1 unspecified atom stereocenters. The predicted molar refractivity (Wildman–Crippen MR) is 104 cm³/mol. The fraction of sp³-hybridized carbons (Fsp3) is 0.350. The number of carboxylic acid groups (broad SMARTS) is 1. The van der Waals surface area contributed by atoms with E-state index in [1.165, 1.54) is 6.07 Å². The monoisotopic (exact) mass is 400 g/mol. The zero-order valence-electron chi connectivity index (χ0n) is 15.9. The van der Waals surface area contributed by atoms with Gasteiger partial charge in [0.2, 0.25) is 0 Å². The number of benzene rings is 1. The number of fused-ring (bicyclic) bond motifs is 1. The molecule has 0 saturated carbocycles. The molecule has 29 heavy (non-hydrogen) atoms. The summed E-state index contributed by atoms with van der Waals surface area (Å²) in [5.74, 6) is -1.52. The van der Waals surface area contributed by atoms with E-state index in [1.807, 2.05) is 0 Å². The van der Waals surface area contributed by atoms with E-state index in [2.05, 4.69) is 20.1 Å². The van der Waals surface area contributed by atoms with E-state index in [0.29, 0.717) is 17.9 Å². The summed E-state index contributed by atoms with van der Waals surface area (Å²) in [6.45, 7) is 4.92. The van der Waals surface area contributed by atoms with Gasteiger partial charge in [0.15, 0.2) is 11.9 Å². The van der Waals surface area contributed by atoms with Gasteiger partial charge in [-0.15, -0.1) is 0 Å². The number of carbonyl (C=O) groups is 2. The average Bonchev–Trinajstić information content (AvgIpc) is 2.72. The second kappa shape index (κ2) is 7.67. The molecule has 1 atom stereocenters. The fourth-order valence-corrected chi connectivity index (χ4v) is 3.51. The van der Waals surface area contributed by atoms with Crippen LogP contribution in [0.1, 0.15) is 23.0 Å². The zero-order valence-corrected chi connectivity index (χ0v) is 15.9. The van der Waals surface area contributed by atoms with E-state index in [1.54, 1.807) is 31.3 Å². The van der Waals surface area contributed by atoms with Crippen LogP contribution in [-0.4, -0.2) is 59.1 Å². The number of ether oxygens (including phenoxy) is 1. The highest BCUT2D eigenvalue weighted by Gasteiger charge is 2.28. The summed E-state index contributed by atoms with van der Waals surface area (Å²) in [7, 11) is 0. The molecular weight excluding hydrogens is 379 g/mol. The first-order valence-electron chi connectivity index (χ1n) is 9.38. The summed E-state index contributed by atoms with van der Waals surface area (Å²) in [5, 5.41) is 11.5. The van der Waals surface area contributed by atoms with E-state index in [-0.39, 0.29) is 17.3 Å². The van der Waals surface area contributed by atoms with Crippen LogP contribution in [0.5, 0.6) is 5.75 Å². The van der Waals surface area contributed by atoms with Crippen molar-refractivity contribution in [1.29, 1.82) is 0 Å². The normalized spacial score (nSPS) is 19.3. The Morgan fingerprint density at radius 2 is 2.03 bits per heavy atom. The summed E-state index contributed by atoms with van der Waals surface area (Å²) < 4.78 is 20.3. The number of carboxylic acids is 1. The lowest BCUT2D eigenvalue weighted by atomic mass is 10.1. The average molecular weight is 400 g/mol. The second-order valence-corrected chi connectivity index (χ2v) is 7.13. The van der Waals surface area contributed by atoms with Gasteiger partial charge in [0.1, 0.15) is 17.1 Å². The largest absolute Gasteiger partial charge is 0.479 e. The van der Waals surface area contributed by atoms with E-state index < -0.39 is 17.9 Å². The molecule has 0 spiro atoms. The molecule has 0 aliphatic carbocycles. The minimum absolute atomic E-state index is 0.0146. The maximum absolute atomic E-state index is 14.9. The summed E-state index contributed by atoms with van der Waals surface area (Å²) in [6.07, 6.45) is 0.922. The lowest BCUT2D eigenvalue weighted by Crippen LogP contribution is -2.46. The highest BCUT2D eigenvalue weighted by Crippen LogP contribution is 2.34. The van der Waals surface area contributed by atoms with Crippen LogP contribution in [0.2, 0.25) is 0 Å². The molecule has 1 aromatic heterocycles. The third-order valence-corrected chi connectivity index (χ3v) is 5.20. The predicted octanol–water partition coefficient (Wildman–Crippen LogP) is 1.96. The number of amides is 1. The number of pyridine rings is 1. The van der Waals surface area contributed by atoms with Crippen LogP contribution in [0, 0.1) is 5.82 Å². The molecule has 1 amide bonds. The number of rotatable bonds is 4. The van der Waals surface area contributed by atoms with E-state index in [0.717, 1.165) is 31.9 Å². The Bertz CT molecular complexity index is 942. The molecule has 1 fully saturated rings. The third-order valence-electron chi connectivity index (χ3n) is 5.20. The Balaban J connectivity index is 1.39. The number of aromatic nitrogens is 1. The highest BCUT2D eigenvalue weighted by atomic mass is 19.1. The maximum Gasteiger partial charge on any atom is 0.354 e. The van der Waals surface area contributed by atoms with Crippen molar-refractivity contribution in [3.05, 3.63) is 47.5 Å². The zero-order chi connectivity index (χ0) is 20.5. The summed E-state index contributed by atoms with van der Waals surface area (Å²) >= 11 is 0. The Labute approximate surface area is 166 Å². The summed E-state index contributed by atoms with van der Waals surface area (Å²) in [5.41, 5.74) is 1.49. The lowest BCUT2D eigenvalue weighted by molar-refractivity contribution is -0.122. The standard InChI is InChI=1S/C20H21FN4O4/c1-12-19(26)23-18-16(29-12)5-2-13(17(18)21)11-24-6-8-25(9-7-24)14-3-4-15(20(27)28)22-10-14/h2-5,10,12H,6-9,11H2,1H3,(H,23,26)(H,27,28). The van der Waals surface area contributed by atoms with Crippen LogP contribution in [0.15, 0.2) is 30.5 Å². The van der Waals surface area contributed by atoms with Crippen LogP contribution < -0.4 is 15.0 Å². The topological polar surface area (TPSA) is 95.0 Å². The molecule has 9 heteroatoms. The van der Waals surface area contributed by atoms with Gasteiger partial charge in [-0.2, -0.15) is 0 Å². The van der Waals surface area contributed by atoms with Gasteiger partial charge in [0, 0.05) is 38.3 Å². The molecule has 4 rings (SSSR count). The molecule has 1 aromatic carbocycles. The molecule has 1 saturated heterocycles. The SMILES string of the molecule is CC1Oc2ccc(CN3CCN(c4ccc(C(=O)O)nc4)CC3)c(F)c2NC1=O. The molecule has 2 aliphatic heterocycles. The molecular formula is C20H21FN4O4. The number of nitrogens with zero attached hydrogens (tertiary/aromatic N) is 3. The molecule has 3 heterocycles. The van der Waals surface area contributed by atoms with Gasteiger partial charge < -0.3 is 20.1 Å². The summed E-state index contributed by atoms with van der Waals surface area (Å²) in [6, 6.07) is 6.62. The first kappa shape index (κ1) is 19.1. The van der Waals surface area contributed by atoms with Crippen LogP contribution in [0.4, 0.5) is 15.8 Å². The first-order valence-corrected chi connectivity index (χ1v) is 9.38. The van der Waals surface area contributed by atoms with Crippen molar-refractivity contribution in [3.63, 3.8) is 0 Å². The van der Waals surface area contributed by atoms with E-state index >= 15 is 0 Å². The molecule has 2 aliphatic rings. The first-order chi connectivity index (χ1) is 13.9. The van der Waals surface area contributed by atoms with Gasteiger partial charge >= 0.3 is 5.97 Å². The molecule has 0 radical (unpaired) electrons. The molecule has 0 bridgehead atoms. The smallest absolute Gasteiger partial charge is 0.354 e. The van der Waals surface area contributed by atoms with Crippen molar-refractivity contribution < 1.29 is 23.8 Å². The minimum Gasteiger partial charge on any atom is -0.479 e. The Morgan fingerprint density at radius 1 is 1.28 bits per heavy atom. The quantitative estimate of drug-likeness (QED) is 0.810. The van der Waals surface area contributed by atoms with Crippen molar-refractivity contribution in [2.24, 2.45) is 0 Å². The number of hydrogen-bond donors (Lipinski definition) is 2. The summed E-state index contributed by atoms with van der Waals surface area (Å²) in [4.78, 5) is 30.9. The highest BCUT2D eigenvalue weighted by molar-refractivity contribution is 5.97. The Hall–Kier alpha value is -3.20. The van der Waals surface area contributed by atoms with Gasteiger partial charge in [-0.25, -0.2) is 14.2 Å². The van der Waals surface area contributed by atoms with Crippen LogP contribution in [0.3, 0.4) is 0 Å². The number of carbonyl (C=O) groups excluding carboxylic acids is 1. The van der Waals surface area contributed by atoms with Crippen LogP contribution in [-0.2, 0) is 11.3 Å². The number of aromatic carboxylic acids is 1. The van der Waals surface area contributed by atoms with Crippen molar-refractivity contribution in [3.8, 4) is 5.75 Å². The minimum atomic E-state index is -1.05. The third kappa shape index (κ3) is 3.86.